The van der Waals surface area contributed by atoms with Crippen molar-refractivity contribution in [3.8, 4) is 0 Å². The van der Waals surface area contributed by atoms with Crippen molar-refractivity contribution in [1.29, 1.82) is 0 Å². The summed E-state index contributed by atoms with van der Waals surface area (Å²) in [5.74, 6) is 0.727. The number of halogens is 1. The summed E-state index contributed by atoms with van der Waals surface area (Å²) in [4.78, 5) is 15.8. The van der Waals surface area contributed by atoms with Gasteiger partial charge in [0.05, 0.1) is 6.04 Å². The SMILES string of the molecule is CC(=O)N1CC2CCCN2CC1CCl. The van der Waals surface area contributed by atoms with Crippen LogP contribution in [-0.2, 0) is 4.79 Å². The number of carbonyl (C=O) groups excluding carboxylic acids is 1. The molecule has 1 amide bonds. The third-order valence-corrected chi connectivity index (χ3v) is 3.73. The van der Waals surface area contributed by atoms with E-state index in [0.717, 1.165) is 13.1 Å². The highest BCUT2D eigenvalue weighted by molar-refractivity contribution is 6.18. The van der Waals surface area contributed by atoms with Crippen LogP contribution in [0.15, 0.2) is 0 Å². The van der Waals surface area contributed by atoms with E-state index in [-0.39, 0.29) is 11.9 Å². The van der Waals surface area contributed by atoms with Crippen LogP contribution in [0.5, 0.6) is 0 Å². The number of carbonyl (C=O) groups is 1. The highest BCUT2D eigenvalue weighted by Crippen LogP contribution is 2.25. The Morgan fingerprint density at radius 1 is 1.50 bits per heavy atom. The van der Waals surface area contributed by atoms with Crippen LogP contribution < -0.4 is 0 Å². The Kier molecular flexibility index (Phi) is 2.98. The van der Waals surface area contributed by atoms with Gasteiger partial charge in [-0.3, -0.25) is 9.69 Å². The lowest BCUT2D eigenvalue weighted by Gasteiger charge is -2.42. The molecule has 4 heteroatoms. The number of amides is 1. The smallest absolute Gasteiger partial charge is 0.219 e. The maximum atomic E-state index is 11.4. The molecule has 0 aromatic carbocycles. The minimum atomic E-state index is 0.169. The van der Waals surface area contributed by atoms with Crippen LogP contribution in [-0.4, -0.2) is 53.3 Å². The average Bonchev–Trinajstić information content (AvgIpc) is 2.62. The van der Waals surface area contributed by atoms with Gasteiger partial charge < -0.3 is 4.90 Å². The maximum Gasteiger partial charge on any atom is 0.219 e. The first-order valence-electron chi connectivity index (χ1n) is 5.29. The molecule has 0 bridgehead atoms. The number of rotatable bonds is 1. The highest BCUT2D eigenvalue weighted by atomic mass is 35.5. The normalized spacial score (nSPS) is 33.1. The van der Waals surface area contributed by atoms with Gasteiger partial charge in [-0.25, -0.2) is 0 Å². The zero-order chi connectivity index (χ0) is 10.1. The molecule has 0 aliphatic carbocycles. The maximum absolute atomic E-state index is 11.4. The molecule has 2 rings (SSSR count). The number of nitrogens with zero attached hydrogens (tertiary/aromatic N) is 2. The predicted octanol–water partition coefficient (Wildman–Crippen LogP) is 0.920. The summed E-state index contributed by atoms with van der Waals surface area (Å²) in [6.07, 6.45) is 2.50. The van der Waals surface area contributed by atoms with Crippen LogP contribution in [0, 0.1) is 0 Å². The average molecular weight is 217 g/mol. The lowest BCUT2D eigenvalue weighted by Crippen LogP contribution is -2.58. The van der Waals surface area contributed by atoms with E-state index in [9.17, 15) is 4.79 Å². The minimum absolute atomic E-state index is 0.169. The van der Waals surface area contributed by atoms with Crippen LogP contribution in [0.2, 0.25) is 0 Å². The van der Waals surface area contributed by atoms with E-state index in [1.165, 1.54) is 19.4 Å². The fourth-order valence-corrected chi connectivity index (χ4v) is 2.87. The summed E-state index contributed by atoms with van der Waals surface area (Å²) in [6.45, 7) is 4.68. The Balaban J connectivity index is 2.06. The lowest BCUT2D eigenvalue weighted by atomic mass is 10.1. The van der Waals surface area contributed by atoms with Crippen molar-refractivity contribution in [2.75, 3.05) is 25.5 Å². The van der Waals surface area contributed by atoms with Gasteiger partial charge in [0.2, 0.25) is 5.91 Å². The third kappa shape index (κ3) is 1.75. The quantitative estimate of drug-likeness (QED) is 0.609. The molecular formula is C10H17ClN2O. The molecule has 0 spiro atoms. The molecule has 0 N–H and O–H groups in total. The monoisotopic (exact) mass is 216 g/mol. The van der Waals surface area contributed by atoms with Gasteiger partial charge in [0.25, 0.3) is 0 Å². The topological polar surface area (TPSA) is 23.6 Å². The van der Waals surface area contributed by atoms with Gasteiger partial charge in [-0.15, -0.1) is 11.6 Å². The fraction of sp³-hybridized carbons (Fsp3) is 0.900. The molecule has 2 saturated heterocycles. The molecule has 2 unspecified atom stereocenters. The molecule has 80 valence electrons. The van der Waals surface area contributed by atoms with Gasteiger partial charge in [-0.2, -0.15) is 0 Å². The van der Waals surface area contributed by atoms with Crippen molar-refractivity contribution in [2.45, 2.75) is 31.8 Å². The Morgan fingerprint density at radius 3 is 2.93 bits per heavy atom. The summed E-state index contributed by atoms with van der Waals surface area (Å²) < 4.78 is 0. The second kappa shape index (κ2) is 4.07. The van der Waals surface area contributed by atoms with E-state index in [2.05, 4.69) is 4.90 Å². The van der Waals surface area contributed by atoms with Crippen molar-refractivity contribution in [3.63, 3.8) is 0 Å². The molecule has 2 fully saturated rings. The molecule has 0 radical (unpaired) electrons. The van der Waals surface area contributed by atoms with Crippen molar-refractivity contribution in [3.05, 3.63) is 0 Å². The van der Waals surface area contributed by atoms with Gasteiger partial charge in [-0.05, 0) is 19.4 Å². The molecule has 3 nitrogen and oxygen atoms in total. The summed E-state index contributed by atoms with van der Waals surface area (Å²) in [6, 6.07) is 0.821. The summed E-state index contributed by atoms with van der Waals surface area (Å²) >= 11 is 5.89. The Morgan fingerprint density at radius 2 is 2.29 bits per heavy atom. The third-order valence-electron chi connectivity index (χ3n) is 3.38. The molecule has 0 saturated carbocycles. The van der Waals surface area contributed by atoms with Crippen molar-refractivity contribution in [1.82, 2.24) is 9.80 Å². The zero-order valence-corrected chi connectivity index (χ0v) is 9.33. The minimum Gasteiger partial charge on any atom is -0.336 e. The first-order chi connectivity index (χ1) is 6.72. The number of hydrogen-bond acceptors (Lipinski definition) is 2. The van der Waals surface area contributed by atoms with E-state index >= 15 is 0 Å². The Hall–Kier alpha value is -0.280. The van der Waals surface area contributed by atoms with E-state index in [1.807, 2.05) is 4.90 Å². The van der Waals surface area contributed by atoms with E-state index < -0.39 is 0 Å². The highest BCUT2D eigenvalue weighted by Gasteiger charge is 2.36. The molecule has 14 heavy (non-hydrogen) atoms. The van der Waals surface area contributed by atoms with Crippen molar-refractivity contribution in [2.24, 2.45) is 0 Å². The summed E-state index contributed by atoms with van der Waals surface area (Å²) in [5.41, 5.74) is 0. The predicted molar refractivity (Wildman–Crippen MR) is 56.5 cm³/mol. The number of piperazine rings is 1. The number of alkyl halides is 1. The molecule has 2 aliphatic heterocycles. The van der Waals surface area contributed by atoms with Crippen molar-refractivity contribution < 1.29 is 4.79 Å². The number of hydrogen-bond donors (Lipinski definition) is 0. The van der Waals surface area contributed by atoms with Gasteiger partial charge in [0, 0.05) is 31.9 Å². The zero-order valence-electron chi connectivity index (χ0n) is 8.58. The van der Waals surface area contributed by atoms with Crippen molar-refractivity contribution >= 4 is 17.5 Å². The summed E-state index contributed by atoms with van der Waals surface area (Å²) in [7, 11) is 0. The van der Waals surface area contributed by atoms with Gasteiger partial charge >= 0.3 is 0 Å². The standard InChI is InChI=1S/C10H17ClN2O/c1-8(14)13-7-9-3-2-4-12(9)6-10(13)5-11/h9-10H,2-7H2,1H3. The van der Waals surface area contributed by atoms with Crippen LogP contribution in [0.25, 0.3) is 0 Å². The molecule has 0 aromatic rings. The molecule has 2 aliphatic rings. The molecular weight excluding hydrogens is 200 g/mol. The second-order valence-corrected chi connectivity index (χ2v) is 4.58. The van der Waals surface area contributed by atoms with E-state index in [1.54, 1.807) is 6.92 Å². The van der Waals surface area contributed by atoms with Crippen LogP contribution in [0.4, 0.5) is 0 Å². The first kappa shape index (κ1) is 10.2. The van der Waals surface area contributed by atoms with Gasteiger partial charge in [-0.1, -0.05) is 0 Å². The summed E-state index contributed by atoms with van der Waals surface area (Å²) in [5, 5.41) is 0. The molecule has 0 aromatic heterocycles. The largest absolute Gasteiger partial charge is 0.336 e. The first-order valence-corrected chi connectivity index (χ1v) is 5.83. The molecule has 2 heterocycles. The fourth-order valence-electron chi connectivity index (χ4n) is 2.61. The Labute approximate surface area is 90.0 Å². The van der Waals surface area contributed by atoms with E-state index in [4.69, 9.17) is 11.6 Å². The van der Waals surface area contributed by atoms with Gasteiger partial charge in [0.15, 0.2) is 0 Å². The Bertz CT molecular complexity index is 234. The lowest BCUT2D eigenvalue weighted by molar-refractivity contribution is -0.134. The van der Waals surface area contributed by atoms with Crippen LogP contribution >= 0.6 is 11.6 Å². The second-order valence-electron chi connectivity index (χ2n) is 4.27. The van der Waals surface area contributed by atoms with Crippen LogP contribution in [0.3, 0.4) is 0 Å². The van der Waals surface area contributed by atoms with Gasteiger partial charge in [0.1, 0.15) is 0 Å². The number of fused-ring (bicyclic) bond motifs is 1. The van der Waals surface area contributed by atoms with Crippen LogP contribution in [0.1, 0.15) is 19.8 Å². The van der Waals surface area contributed by atoms with E-state index in [0.29, 0.717) is 11.9 Å². The molecule has 2 atom stereocenters.